The number of benzene rings is 1. The summed E-state index contributed by atoms with van der Waals surface area (Å²) in [5, 5.41) is 0. The fourth-order valence-corrected chi connectivity index (χ4v) is 1.82. The summed E-state index contributed by atoms with van der Waals surface area (Å²) in [6, 6.07) is 9.48. The molecule has 14 heavy (non-hydrogen) atoms. The van der Waals surface area contributed by atoms with E-state index in [9.17, 15) is 0 Å². The van der Waals surface area contributed by atoms with E-state index in [0.29, 0.717) is 0 Å². The fourth-order valence-electron chi connectivity index (χ4n) is 1.11. The smallest absolute Gasteiger partial charge is 0.119 e. The van der Waals surface area contributed by atoms with E-state index in [1.807, 2.05) is 12.1 Å². The van der Waals surface area contributed by atoms with Crippen molar-refractivity contribution in [2.75, 3.05) is 6.61 Å². The van der Waals surface area contributed by atoms with E-state index in [0.717, 1.165) is 12.4 Å². The molecule has 0 N–H and O–H groups in total. The van der Waals surface area contributed by atoms with Crippen molar-refractivity contribution in [2.24, 2.45) is 0 Å². The first-order chi connectivity index (χ1) is 6.47. The normalized spacial score (nSPS) is 11.4. The molecule has 0 saturated carbocycles. The second kappa shape index (κ2) is 4.65. The summed E-state index contributed by atoms with van der Waals surface area (Å²) in [5.74, 6) is 0.994. The molecular formula is C12H20OSi. The van der Waals surface area contributed by atoms with Crippen molar-refractivity contribution >= 4 is 8.07 Å². The van der Waals surface area contributed by atoms with E-state index in [4.69, 9.17) is 4.74 Å². The lowest BCUT2D eigenvalue weighted by molar-refractivity contribution is 0.338. The van der Waals surface area contributed by atoms with Crippen molar-refractivity contribution in [3.63, 3.8) is 0 Å². The van der Waals surface area contributed by atoms with Crippen LogP contribution in [0.5, 0.6) is 5.75 Å². The van der Waals surface area contributed by atoms with Crippen molar-refractivity contribution in [2.45, 2.75) is 32.6 Å². The van der Waals surface area contributed by atoms with Crippen LogP contribution >= 0.6 is 0 Å². The summed E-state index contributed by atoms with van der Waals surface area (Å²) >= 11 is 0. The molecule has 78 valence electrons. The molecule has 0 unspecified atom stereocenters. The Morgan fingerprint density at radius 2 is 1.64 bits per heavy atom. The molecule has 0 radical (unpaired) electrons. The van der Waals surface area contributed by atoms with Gasteiger partial charge in [-0.25, -0.2) is 0 Å². The van der Waals surface area contributed by atoms with Crippen molar-refractivity contribution in [1.29, 1.82) is 0 Å². The lowest BCUT2D eigenvalue weighted by Gasteiger charge is -2.15. The maximum Gasteiger partial charge on any atom is 0.119 e. The van der Waals surface area contributed by atoms with Gasteiger partial charge in [0.05, 0.1) is 6.61 Å². The van der Waals surface area contributed by atoms with Crippen molar-refractivity contribution < 1.29 is 4.74 Å². The molecule has 1 aromatic rings. The molecule has 1 aromatic carbocycles. The van der Waals surface area contributed by atoms with Crippen LogP contribution in [0, 0.1) is 6.92 Å². The van der Waals surface area contributed by atoms with Crippen LogP contribution in [0.2, 0.25) is 25.7 Å². The van der Waals surface area contributed by atoms with Gasteiger partial charge in [0.15, 0.2) is 0 Å². The van der Waals surface area contributed by atoms with Gasteiger partial charge in [-0.2, -0.15) is 0 Å². The topological polar surface area (TPSA) is 9.23 Å². The van der Waals surface area contributed by atoms with E-state index in [-0.39, 0.29) is 0 Å². The van der Waals surface area contributed by atoms with Gasteiger partial charge in [0.2, 0.25) is 0 Å². The lowest BCUT2D eigenvalue weighted by atomic mass is 10.2. The molecule has 1 rings (SSSR count). The van der Waals surface area contributed by atoms with E-state index in [1.165, 1.54) is 11.6 Å². The van der Waals surface area contributed by atoms with Crippen LogP contribution in [0.15, 0.2) is 24.3 Å². The Kier molecular flexibility index (Phi) is 3.75. The van der Waals surface area contributed by atoms with Crippen molar-refractivity contribution in [3.05, 3.63) is 29.8 Å². The van der Waals surface area contributed by atoms with Gasteiger partial charge < -0.3 is 4.74 Å². The maximum atomic E-state index is 5.67. The van der Waals surface area contributed by atoms with Gasteiger partial charge in [-0.3, -0.25) is 0 Å². The molecule has 0 aliphatic carbocycles. The third-order valence-corrected chi connectivity index (χ3v) is 3.85. The van der Waals surface area contributed by atoms with Crippen LogP contribution in [-0.2, 0) is 0 Å². The number of rotatable bonds is 4. The monoisotopic (exact) mass is 208 g/mol. The van der Waals surface area contributed by atoms with Crippen LogP contribution in [0.4, 0.5) is 0 Å². The van der Waals surface area contributed by atoms with E-state index in [2.05, 4.69) is 38.7 Å². The van der Waals surface area contributed by atoms with Crippen molar-refractivity contribution in [1.82, 2.24) is 0 Å². The predicted molar refractivity (Wildman–Crippen MR) is 64.8 cm³/mol. The Balaban J connectivity index is 2.35. The second-order valence-corrected chi connectivity index (χ2v) is 10.6. The van der Waals surface area contributed by atoms with Crippen LogP contribution in [0.3, 0.4) is 0 Å². The molecule has 0 aliphatic rings. The molecule has 0 heterocycles. The maximum absolute atomic E-state index is 5.67. The predicted octanol–water partition coefficient (Wildman–Crippen LogP) is 3.71. The van der Waals surface area contributed by atoms with E-state index >= 15 is 0 Å². The highest BCUT2D eigenvalue weighted by atomic mass is 28.3. The van der Waals surface area contributed by atoms with Crippen molar-refractivity contribution in [3.8, 4) is 5.75 Å². The first kappa shape index (κ1) is 11.3. The quantitative estimate of drug-likeness (QED) is 0.685. The molecular weight excluding hydrogens is 188 g/mol. The Morgan fingerprint density at radius 1 is 1.07 bits per heavy atom. The zero-order valence-corrected chi connectivity index (χ0v) is 10.6. The SMILES string of the molecule is Cc1ccc(OCC[Si](C)(C)C)cc1. The Bertz CT molecular complexity index is 271. The summed E-state index contributed by atoms with van der Waals surface area (Å²) in [7, 11) is -0.947. The second-order valence-electron chi connectivity index (χ2n) is 4.97. The zero-order chi connectivity index (χ0) is 10.6. The Morgan fingerprint density at radius 3 is 2.14 bits per heavy atom. The van der Waals surface area contributed by atoms with Gasteiger partial charge in [-0.05, 0) is 25.1 Å². The molecule has 0 fully saturated rings. The van der Waals surface area contributed by atoms with Gasteiger partial charge in [0.1, 0.15) is 5.75 Å². The highest BCUT2D eigenvalue weighted by Gasteiger charge is 2.12. The number of ether oxygens (including phenoxy) is 1. The molecule has 0 aliphatic heterocycles. The van der Waals surface area contributed by atoms with Gasteiger partial charge in [-0.15, -0.1) is 0 Å². The summed E-state index contributed by atoms with van der Waals surface area (Å²) in [6.45, 7) is 10.0. The van der Waals surface area contributed by atoms with Crippen LogP contribution in [-0.4, -0.2) is 14.7 Å². The minimum absolute atomic E-state index is 0.860. The number of aryl methyl sites for hydroxylation is 1. The fraction of sp³-hybridized carbons (Fsp3) is 0.500. The number of hydrogen-bond donors (Lipinski definition) is 0. The molecule has 0 spiro atoms. The standard InChI is InChI=1S/C12H20OSi/c1-11-5-7-12(8-6-11)13-9-10-14(2,3)4/h5-8H,9-10H2,1-4H3. The van der Waals surface area contributed by atoms with Crippen LogP contribution in [0.1, 0.15) is 5.56 Å². The zero-order valence-electron chi connectivity index (χ0n) is 9.63. The highest BCUT2D eigenvalue weighted by molar-refractivity contribution is 6.76. The van der Waals surface area contributed by atoms with Gasteiger partial charge >= 0.3 is 0 Å². The van der Waals surface area contributed by atoms with E-state index in [1.54, 1.807) is 0 Å². The summed E-state index contributed by atoms with van der Waals surface area (Å²) in [4.78, 5) is 0. The van der Waals surface area contributed by atoms with Gasteiger partial charge in [0, 0.05) is 8.07 Å². The molecule has 1 nitrogen and oxygen atoms in total. The first-order valence-corrected chi connectivity index (χ1v) is 8.87. The molecule has 0 aromatic heterocycles. The lowest BCUT2D eigenvalue weighted by Crippen LogP contribution is -2.22. The largest absolute Gasteiger partial charge is 0.494 e. The molecule has 0 saturated heterocycles. The summed E-state index contributed by atoms with van der Waals surface area (Å²) in [5.41, 5.74) is 1.28. The average molecular weight is 208 g/mol. The minimum atomic E-state index is -0.947. The summed E-state index contributed by atoms with van der Waals surface area (Å²) < 4.78 is 5.67. The first-order valence-electron chi connectivity index (χ1n) is 5.17. The Hall–Kier alpha value is -0.763. The number of hydrogen-bond acceptors (Lipinski definition) is 1. The minimum Gasteiger partial charge on any atom is -0.494 e. The van der Waals surface area contributed by atoms with Gasteiger partial charge in [-0.1, -0.05) is 37.3 Å². The van der Waals surface area contributed by atoms with Crippen LogP contribution in [0.25, 0.3) is 0 Å². The third-order valence-electron chi connectivity index (χ3n) is 2.14. The van der Waals surface area contributed by atoms with Crippen LogP contribution < -0.4 is 4.74 Å². The highest BCUT2D eigenvalue weighted by Crippen LogP contribution is 2.14. The molecule has 2 heteroatoms. The molecule has 0 atom stereocenters. The third kappa shape index (κ3) is 4.47. The van der Waals surface area contributed by atoms with E-state index < -0.39 is 8.07 Å². The Labute approximate surface area is 88.1 Å². The van der Waals surface area contributed by atoms with Gasteiger partial charge in [0.25, 0.3) is 0 Å². The molecule has 0 bridgehead atoms. The average Bonchev–Trinajstić information content (AvgIpc) is 2.06. The summed E-state index contributed by atoms with van der Waals surface area (Å²) in [6.07, 6.45) is 0. The molecule has 0 amide bonds.